The predicted octanol–water partition coefficient (Wildman–Crippen LogP) is 1.62. The zero-order valence-corrected chi connectivity index (χ0v) is 7.88. The van der Waals surface area contributed by atoms with Gasteiger partial charge in [0.1, 0.15) is 6.10 Å². The number of hydrogen-bond acceptors (Lipinski definition) is 3. The molecule has 0 bridgehead atoms. The minimum absolute atomic E-state index is 0.0790. The number of hydrogen-bond donors (Lipinski definition) is 0. The Bertz CT molecular complexity index is 157. The Labute approximate surface area is 73.8 Å². The van der Waals surface area contributed by atoms with E-state index in [-0.39, 0.29) is 6.10 Å². The van der Waals surface area contributed by atoms with E-state index in [0.717, 1.165) is 18.9 Å². The molecule has 70 valence electrons. The second kappa shape index (κ2) is 5.14. The Hall–Kier alpha value is -0.570. The third kappa shape index (κ3) is 2.48. The molecule has 3 heteroatoms. The number of nitrogens with zero attached hydrogens (tertiary/aromatic N) is 1. The molecule has 1 aliphatic rings. The summed E-state index contributed by atoms with van der Waals surface area (Å²) in [5.41, 5.74) is 0. The third-order valence-corrected chi connectivity index (χ3v) is 2.16. The molecule has 0 amide bonds. The summed E-state index contributed by atoms with van der Waals surface area (Å²) >= 11 is 0. The summed E-state index contributed by atoms with van der Waals surface area (Å²) in [4.78, 5) is 4.32. The Morgan fingerprint density at radius 1 is 1.25 bits per heavy atom. The van der Waals surface area contributed by atoms with E-state index in [1.807, 2.05) is 0 Å². The summed E-state index contributed by atoms with van der Waals surface area (Å²) in [7, 11) is 3.37. The Balaban J connectivity index is 2.57. The van der Waals surface area contributed by atoms with Gasteiger partial charge in [0, 0.05) is 13.7 Å². The van der Waals surface area contributed by atoms with E-state index >= 15 is 0 Å². The van der Waals surface area contributed by atoms with Gasteiger partial charge in [0.15, 0.2) is 0 Å². The molecule has 0 radical (unpaired) electrons. The maximum absolute atomic E-state index is 5.27. The first kappa shape index (κ1) is 9.52. The van der Waals surface area contributed by atoms with Gasteiger partial charge in [0.2, 0.25) is 5.90 Å². The van der Waals surface area contributed by atoms with Crippen molar-refractivity contribution in [1.29, 1.82) is 0 Å². The summed E-state index contributed by atoms with van der Waals surface area (Å²) < 4.78 is 10.4. The van der Waals surface area contributed by atoms with Gasteiger partial charge < -0.3 is 9.47 Å². The molecule has 0 N–H and O–H groups in total. The fourth-order valence-electron chi connectivity index (χ4n) is 1.45. The fraction of sp³-hybridized carbons (Fsp3) is 0.889. The molecule has 0 aromatic heterocycles. The number of methoxy groups -OCH3 is 2. The predicted molar refractivity (Wildman–Crippen MR) is 48.6 cm³/mol. The Morgan fingerprint density at radius 2 is 2.08 bits per heavy atom. The van der Waals surface area contributed by atoms with E-state index in [1.54, 1.807) is 14.2 Å². The lowest BCUT2D eigenvalue weighted by Crippen LogP contribution is -2.26. The van der Waals surface area contributed by atoms with Crippen LogP contribution in [-0.2, 0) is 9.47 Å². The molecule has 0 aliphatic carbocycles. The van der Waals surface area contributed by atoms with Crippen molar-refractivity contribution in [3.63, 3.8) is 0 Å². The van der Waals surface area contributed by atoms with Gasteiger partial charge >= 0.3 is 0 Å². The van der Waals surface area contributed by atoms with E-state index in [4.69, 9.17) is 9.47 Å². The fourth-order valence-corrected chi connectivity index (χ4v) is 1.45. The van der Waals surface area contributed by atoms with Crippen LogP contribution in [0.2, 0.25) is 0 Å². The van der Waals surface area contributed by atoms with Crippen LogP contribution in [0.25, 0.3) is 0 Å². The van der Waals surface area contributed by atoms with Gasteiger partial charge in [-0.1, -0.05) is 12.8 Å². The van der Waals surface area contributed by atoms with Gasteiger partial charge in [-0.3, -0.25) is 4.99 Å². The maximum Gasteiger partial charge on any atom is 0.213 e. The van der Waals surface area contributed by atoms with Crippen molar-refractivity contribution in [2.24, 2.45) is 4.99 Å². The minimum atomic E-state index is 0.0790. The average Bonchev–Trinajstić information content (AvgIpc) is 2.05. The molecule has 1 atom stereocenters. The SMILES string of the molecule is COC1=NCCCCCC1OC. The van der Waals surface area contributed by atoms with Crippen LogP contribution in [0.3, 0.4) is 0 Å². The van der Waals surface area contributed by atoms with Gasteiger partial charge in [-0.05, 0) is 12.8 Å². The molecule has 0 aromatic carbocycles. The monoisotopic (exact) mass is 171 g/mol. The lowest BCUT2D eigenvalue weighted by molar-refractivity contribution is 0.122. The van der Waals surface area contributed by atoms with E-state index in [2.05, 4.69) is 4.99 Å². The van der Waals surface area contributed by atoms with Gasteiger partial charge in [0.25, 0.3) is 0 Å². The average molecular weight is 171 g/mol. The van der Waals surface area contributed by atoms with Crippen LogP contribution in [0.4, 0.5) is 0 Å². The second-order valence-corrected chi connectivity index (χ2v) is 3.00. The number of rotatable bonds is 1. The summed E-state index contributed by atoms with van der Waals surface area (Å²) in [5, 5.41) is 0. The molecule has 12 heavy (non-hydrogen) atoms. The van der Waals surface area contributed by atoms with Crippen LogP contribution in [0.1, 0.15) is 25.7 Å². The third-order valence-electron chi connectivity index (χ3n) is 2.16. The van der Waals surface area contributed by atoms with E-state index < -0.39 is 0 Å². The van der Waals surface area contributed by atoms with Crippen molar-refractivity contribution >= 4 is 5.90 Å². The molecule has 0 aromatic rings. The Kier molecular flexibility index (Phi) is 4.08. The van der Waals surface area contributed by atoms with Gasteiger partial charge in [-0.15, -0.1) is 0 Å². The highest BCUT2D eigenvalue weighted by atomic mass is 16.5. The highest BCUT2D eigenvalue weighted by Crippen LogP contribution is 2.12. The van der Waals surface area contributed by atoms with E-state index in [1.165, 1.54) is 19.3 Å². The van der Waals surface area contributed by atoms with Crippen molar-refractivity contribution in [3.8, 4) is 0 Å². The smallest absolute Gasteiger partial charge is 0.213 e. The molecule has 1 heterocycles. The standard InChI is InChI=1S/C9H17NO2/c1-11-8-6-4-3-5-7-10-9(8)12-2/h8H,3-7H2,1-2H3. The summed E-state index contributed by atoms with van der Waals surface area (Å²) in [6.45, 7) is 0.878. The second-order valence-electron chi connectivity index (χ2n) is 3.00. The van der Waals surface area contributed by atoms with Crippen LogP contribution in [0.15, 0.2) is 4.99 Å². The van der Waals surface area contributed by atoms with Crippen molar-refractivity contribution in [3.05, 3.63) is 0 Å². The maximum atomic E-state index is 5.27. The summed E-state index contributed by atoms with van der Waals surface area (Å²) in [6.07, 6.45) is 4.74. The molecule has 1 rings (SSSR count). The molecule has 0 saturated heterocycles. The molecule has 0 fully saturated rings. The lowest BCUT2D eigenvalue weighted by atomic mass is 10.1. The first-order valence-corrected chi connectivity index (χ1v) is 4.49. The normalized spacial score (nSPS) is 25.5. The van der Waals surface area contributed by atoms with Crippen molar-refractivity contribution < 1.29 is 9.47 Å². The topological polar surface area (TPSA) is 30.8 Å². The van der Waals surface area contributed by atoms with Crippen LogP contribution in [-0.4, -0.2) is 32.8 Å². The molecule has 3 nitrogen and oxygen atoms in total. The van der Waals surface area contributed by atoms with Crippen molar-refractivity contribution in [2.45, 2.75) is 31.8 Å². The molecular formula is C9H17NO2. The highest BCUT2D eigenvalue weighted by molar-refractivity contribution is 5.80. The number of aliphatic imine (C=N–C) groups is 1. The largest absolute Gasteiger partial charge is 0.482 e. The number of ether oxygens (including phenoxy) is 2. The summed E-state index contributed by atoms with van der Waals surface area (Å²) in [5.74, 6) is 0.761. The first-order valence-electron chi connectivity index (χ1n) is 4.49. The van der Waals surface area contributed by atoms with Crippen LogP contribution < -0.4 is 0 Å². The molecule has 1 aliphatic heterocycles. The molecule has 0 spiro atoms. The van der Waals surface area contributed by atoms with E-state index in [0.29, 0.717) is 0 Å². The minimum Gasteiger partial charge on any atom is -0.482 e. The molecular weight excluding hydrogens is 154 g/mol. The van der Waals surface area contributed by atoms with Crippen LogP contribution in [0.5, 0.6) is 0 Å². The lowest BCUT2D eigenvalue weighted by Gasteiger charge is -2.18. The Morgan fingerprint density at radius 3 is 2.75 bits per heavy atom. The first-order chi connectivity index (χ1) is 5.88. The highest BCUT2D eigenvalue weighted by Gasteiger charge is 2.16. The van der Waals surface area contributed by atoms with Crippen LogP contribution >= 0.6 is 0 Å². The van der Waals surface area contributed by atoms with Crippen molar-refractivity contribution in [1.82, 2.24) is 0 Å². The summed E-state index contributed by atoms with van der Waals surface area (Å²) in [6, 6.07) is 0. The zero-order valence-electron chi connectivity index (χ0n) is 7.88. The zero-order chi connectivity index (χ0) is 8.81. The molecule has 0 saturated carbocycles. The van der Waals surface area contributed by atoms with Gasteiger partial charge in [-0.2, -0.15) is 0 Å². The molecule has 1 unspecified atom stereocenters. The van der Waals surface area contributed by atoms with Crippen molar-refractivity contribution in [2.75, 3.05) is 20.8 Å². The van der Waals surface area contributed by atoms with Gasteiger partial charge in [0.05, 0.1) is 7.11 Å². The van der Waals surface area contributed by atoms with Gasteiger partial charge in [-0.25, -0.2) is 0 Å². The quantitative estimate of drug-likeness (QED) is 0.600. The van der Waals surface area contributed by atoms with Crippen LogP contribution in [0, 0.1) is 0 Å². The van der Waals surface area contributed by atoms with E-state index in [9.17, 15) is 0 Å².